The molecule has 0 saturated heterocycles. The third-order valence-corrected chi connectivity index (χ3v) is 4.10. The van der Waals surface area contributed by atoms with Gasteiger partial charge in [-0.15, -0.1) is 0 Å². The maximum absolute atomic E-state index is 9.42. The first kappa shape index (κ1) is 14.9. The fourth-order valence-corrected chi connectivity index (χ4v) is 2.81. The van der Waals surface area contributed by atoms with E-state index in [1.54, 1.807) is 0 Å². The summed E-state index contributed by atoms with van der Waals surface area (Å²) in [6.45, 7) is 0. The van der Waals surface area contributed by atoms with Gasteiger partial charge in [0.2, 0.25) is 0 Å². The molecule has 3 heteroatoms. The fraction of sp³-hybridized carbons (Fsp3) is 0. The highest BCUT2D eigenvalue weighted by atomic mass is 15.0. The molecule has 1 heterocycles. The Kier molecular flexibility index (Phi) is 3.86. The molecule has 0 fully saturated rings. The molecule has 3 aromatic carbocycles. The Morgan fingerprint density at radius 3 is 2.20 bits per heavy atom. The zero-order chi connectivity index (χ0) is 17.1. The monoisotopic (exact) mass is 321 g/mol. The van der Waals surface area contributed by atoms with Gasteiger partial charge in [0, 0.05) is 11.1 Å². The van der Waals surface area contributed by atoms with Crippen LogP contribution in [0, 0.1) is 11.3 Å². The number of nitriles is 1. The molecule has 4 rings (SSSR count). The molecule has 0 atom stereocenters. The van der Waals surface area contributed by atoms with Crippen molar-refractivity contribution in [1.29, 1.82) is 5.26 Å². The molecule has 0 radical (unpaired) electrons. The van der Waals surface area contributed by atoms with E-state index >= 15 is 0 Å². The van der Waals surface area contributed by atoms with Crippen molar-refractivity contribution in [3.05, 3.63) is 90.5 Å². The lowest BCUT2D eigenvalue weighted by atomic mass is 10.1. The molecule has 0 spiro atoms. The SMILES string of the molecule is N#Cc1cc2ccccc2nc1Nc1ccc(-c2ccccc2)cc1. The largest absolute Gasteiger partial charge is 0.339 e. The summed E-state index contributed by atoms with van der Waals surface area (Å²) < 4.78 is 0. The van der Waals surface area contributed by atoms with Gasteiger partial charge in [0.15, 0.2) is 0 Å². The highest BCUT2D eigenvalue weighted by Gasteiger charge is 2.07. The summed E-state index contributed by atoms with van der Waals surface area (Å²) >= 11 is 0. The molecule has 0 aliphatic heterocycles. The zero-order valence-corrected chi connectivity index (χ0v) is 13.5. The van der Waals surface area contributed by atoms with Crippen molar-refractivity contribution >= 4 is 22.4 Å². The lowest BCUT2D eigenvalue weighted by molar-refractivity contribution is 1.34. The number of nitrogens with zero attached hydrogens (tertiary/aromatic N) is 2. The summed E-state index contributed by atoms with van der Waals surface area (Å²) in [5.74, 6) is 0.577. The maximum Gasteiger partial charge on any atom is 0.149 e. The minimum atomic E-state index is 0.533. The Hall–Kier alpha value is -3.64. The highest BCUT2D eigenvalue weighted by Crippen LogP contribution is 2.25. The van der Waals surface area contributed by atoms with Gasteiger partial charge in [0.1, 0.15) is 11.9 Å². The summed E-state index contributed by atoms with van der Waals surface area (Å²) in [4.78, 5) is 4.59. The van der Waals surface area contributed by atoms with E-state index < -0.39 is 0 Å². The summed E-state index contributed by atoms with van der Waals surface area (Å²) in [5, 5.41) is 13.6. The zero-order valence-electron chi connectivity index (χ0n) is 13.5. The van der Waals surface area contributed by atoms with Crippen molar-refractivity contribution < 1.29 is 0 Å². The number of fused-ring (bicyclic) bond motifs is 1. The number of para-hydroxylation sites is 1. The first-order valence-corrected chi connectivity index (χ1v) is 8.06. The number of rotatable bonds is 3. The van der Waals surface area contributed by atoms with Gasteiger partial charge in [0.05, 0.1) is 11.1 Å². The van der Waals surface area contributed by atoms with Crippen LogP contribution in [0.2, 0.25) is 0 Å². The van der Waals surface area contributed by atoms with E-state index in [2.05, 4.69) is 40.6 Å². The Balaban J connectivity index is 1.66. The summed E-state index contributed by atoms with van der Waals surface area (Å²) in [7, 11) is 0. The van der Waals surface area contributed by atoms with Gasteiger partial charge in [0.25, 0.3) is 0 Å². The predicted molar refractivity (Wildman–Crippen MR) is 102 cm³/mol. The second-order valence-electron chi connectivity index (χ2n) is 5.76. The molecule has 118 valence electrons. The summed E-state index contributed by atoms with van der Waals surface area (Å²) in [6, 6.07) is 30.2. The molecule has 0 saturated carbocycles. The van der Waals surface area contributed by atoms with Crippen molar-refractivity contribution in [2.75, 3.05) is 5.32 Å². The number of anilines is 2. The number of aromatic nitrogens is 1. The molecule has 1 aromatic heterocycles. The van der Waals surface area contributed by atoms with E-state index in [9.17, 15) is 5.26 Å². The van der Waals surface area contributed by atoms with E-state index in [-0.39, 0.29) is 0 Å². The minimum Gasteiger partial charge on any atom is -0.339 e. The lowest BCUT2D eigenvalue weighted by Crippen LogP contribution is -1.97. The quantitative estimate of drug-likeness (QED) is 0.540. The number of benzene rings is 3. The van der Waals surface area contributed by atoms with Gasteiger partial charge in [-0.2, -0.15) is 5.26 Å². The van der Waals surface area contributed by atoms with Crippen LogP contribution >= 0.6 is 0 Å². The smallest absolute Gasteiger partial charge is 0.149 e. The lowest BCUT2D eigenvalue weighted by Gasteiger charge is -2.10. The number of hydrogen-bond acceptors (Lipinski definition) is 3. The average Bonchev–Trinajstić information content (AvgIpc) is 2.69. The molecule has 0 bridgehead atoms. The molecule has 25 heavy (non-hydrogen) atoms. The van der Waals surface area contributed by atoms with Crippen molar-refractivity contribution in [1.82, 2.24) is 4.98 Å². The third kappa shape index (κ3) is 3.06. The molecule has 0 aliphatic carbocycles. The molecule has 0 amide bonds. The molecule has 3 nitrogen and oxygen atoms in total. The average molecular weight is 321 g/mol. The van der Waals surface area contributed by atoms with Crippen molar-refractivity contribution in [3.8, 4) is 17.2 Å². The maximum atomic E-state index is 9.42. The first-order chi connectivity index (χ1) is 12.3. The molecule has 0 aliphatic rings. The molecule has 0 unspecified atom stereocenters. The molecular weight excluding hydrogens is 306 g/mol. The highest BCUT2D eigenvalue weighted by molar-refractivity contribution is 5.84. The topological polar surface area (TPSA) is 48.7 Å². The van der Waals surface area contributed by atoms with Crippen molar-refractivity contribution in [2.24, 2.45) is 0 Å². The summed E-state index contributed by atoms with van der Waals surface area (Å²) in [6.07, 6.45) is 0. The predicted octanol–water partition coefficient (Wildman–Crippen LogP) is 5.52. The van der Waals surface area contributed by atoms with Crippen LogP contribution in [0.1, 0.15) is 5.56 Å². The first-order valence-electron chi connectivity index (χ1n) is 8.06. The van der Waals surface area contributed by atoms with Gasteiger partial charge in [-0.3, -0.25) is 0 Å². The van der Waals surface area contributed by atoms with E-state index in [0.717, 1.165) is 22.2 Å². The third-order valence-electron chi connectivity index (χ3n) is 4.10. The van der Waals surface area contributed by atoms with Gasteiger partial charge in [-0.05, 0) is 35.4 Å². The van der Waals surface area contributed by atoms with Gasteiger partial charge >= 0.3 is 0 Å². The molecule has 1 N–H and O–H groups in total. The van der Waals surface area contributed by atoms with Gasteiger partial charge in [-0.25, -0.2) is 4.98 Å². The van der Waals surface area contributed by atoms with Crippen LogP contribution in [0.25, 0.3) is 22.0 Å². The molecular formula is C22H15N3. The van der Waals surface area contributed by atoms with Crippen LogP contribution in [-0.4, -0.2) is 4.98 Å². The Morgan fingerprint density at radius 1 is 0.760 bits per heavy atom. The van der Waals surface area contributed by atoms with Crippen molar-refractivity contribution in [2.45, 2.75) is 0 Å². The number of pyridine rings is 1. The minimum absolute atomic E-state index is 0.533. The van der Waals surface area contributed by atoms with E-state index in [0.29, 0.717) is 11.4 Å². The molecule has 4 aromatic rings. The van der Waals surface area contributed by atoms with Crippen LogP contribution in [0.4, 0.5) is 11.5 Å². The second-order valence-corrected chi connectivity index (χ2v) is 5.76. The van der Waals surface area contributed by atoms with E-state index in [4.69, 9.17) is 0 Å². The van der Waals surface area contributed by atoms with Gasteiger partial charge in [-0.1, -0.05) is 60.7 Å². The van der Waals surface area contributed by atoms with Crippen LogP contribution in [-0.2, 0) is 0 Å². The second kappa shape index (κ2) is 6.46. The Bertz CT molecular complexity index is 1060. The standard InChI is InChI=1S/C22H15N3/c23-15-19-14-18-8-4-5-9-21(18)25-22(19)24-20-12-10-17(11-13-20)16-6-2-1-3-7-16/h1-14H,(H,24,25). The van der Waals surface area contributed by atoms with Crippen LogP contribution in [0.15, 0.2) is 84.9 Å². The van der Waals surface area contributed by atoms with Crippen LogP contribution in [0.5, 0.6) is 0 Å². The van der Waals surface area contributed by atoms with Crippen LogP contribution in [0.3, 0.4) is 0 Å². The van der Waals surface area contributed by atoms with Gasteiger partial charge < -0.3 is 5.32 Å². The Labute approximate surface area is 146 Å². The Morgan fingerprint density at radius 2 is 1.44 bits per heavy atom. The number of nitrogens with one attached hydrogen (secondary N) is 1. The fourth-order valence-electron chi connectivity index (χ4n) is 2.81. The van der Waals surface area contributed by atoms with E-state index in [1.165, 1.54) is 5.56 Å². The van der Waals surface area contributed by atoms with E-state index in [1.807, 2.05) is 60.7 Å². The van der Waals surface area contributed by atoms with Crippen molar-refractivity contribution in [3.63, 3.8) is 0 Å². The van der Waals surface area contributed by atoms with Crippen LogP contribution < -0.4 is 5.32 Å². The summed E-state index contributed by atoms with van der Waals surface area (Å²) in [5.41, 5.74) is 4.63. The normalized spacial score (nSPS) is 10.4. The number of hydrogen-bond donors (Lipinski definition) is 1.